The zero-order valence-electron chi connectivity index (χ0n) is 15.2. The van der Waals surface area contributed by atoms with Gasteiger partial charge in [-0.25, -0.2) is 0 Å². The number of morpholine rings is 1. The molecule has 1 heterocycles. The topological polar surface area (TPSA) is 50.8 Å². The van der Waals surface area contributed by atoms with E-state index in [0.717, 1.165) is 32.1 Å². The van der Waals surface area contributed by atoms with Gasteiger partial charge in [0.1, 0.15) is 5.75 Å². The average molecular weight is 334 g/mol. The van der Waals surface area contributed by atoms with Gasteiger partial charge in [-0.15, -0.1) is 0 Å². The van der Waals surface area contributed by atoms with E-state index < -0.39 is 6.10 Å². The number of hydrogen-bond acceptors (Lipinski definition) is 4. The standard InChI is InChI=1S/C19H30N2O3/c1-14(2)18(21-9-11-23-12-10-21)13-20-19(22)16(4)24-17-7-5-15(3)6-8-17/h5-8,14,16,18H,9-13H2,1-4H3,(H,20,22). The number of nitrogens with one attached hydrogen (secondary N) is 1. The number of amides is 1. The van der Waals surface area contributed by atoms with Crippen LogP contribution in [-0.2, 0) is 9.53 Å². The summed E-state index contributed by atoms with van der Waals surface area (Å²) < 4.78 is 11.1. The molecular weight excluding hydrogens is 304 g/mol. The smallest absolute Gasteiger partial charge is 0.260 e. The monoisotopic (exact) mass is 334 g/mol. The van der Waals surface area contributed by atoms with E-state index in [0.29, 0.717) is 18.5 Å². The maximum Gasteiger partial charge on any atom is 0.260 e. The van der Waals surface area contributed by atoms with Gasteiger partial charge in [-0.3, -0.25) is 9.69 Å². The Labute approximate surface area is 145 Å². The van der Waals surface area contributed by atoms with Gasteiger partial charge in [0, 0.05) is 25.7 Å². The van der Waals surface area contributed by atoms with E-state index in [2.05, 4.69) is 24.1 Å². The number of nitrogens with zero attached hydrogens (tertiary/aromatic N) is 1. The van der Waals surface area contributed by atoms with Crippen LogP contribution in [-0.4, -0.2) is 55.8 Å². The predicted octanol–water partition coefficient (Wildman–Crippen LogP) is 2.24. The van der Waals surface area contributed by atoms with Crippen molar-refractivity contribution in [3.63, 3.8) is 0 Å². The third-order valence-electron chi connectivity index (χ3n) is 4.47. The summed E-state index contributed by atoms with van der Waals surface area (Å²) in [5.74, 6) is 1.11. The number of ether oxygens (including phenoxy) is 2. The van der Waals surface area contributed by atoms with Crippen LogP contribution in [0.2, 0.25) is 0 Å². The fourth-order valence-corrected chi connectivity index (χ4v) is 2.92. The highest BCUT2D eigenvalue weighted by molar-refractivity contribution is 5.80. The van der Waals surface area contributed by atoms with Gasteiger partial charge in [0.25, 0.3) is 5.91 Å². The molecule has 1 aliphatic heterocycles. The fourth-order valence-electron chi connectivity index (χ4n) is 2.92. The Morgan fingerprint density at radius 1 is 1.21 bits per heavy atom. The zero-order valence-corrected chi connectivity index (χ0v) is 15.2. The van der Waals surface area contributed by atoms with Crippen LogP contribution in [0.1, 0.15) is 26.3 Å². The van der Waals surface area contributed by atoms with Crippen LogP contribution >= 0.6 is 0 Å². The Kier molecular flexibility index (Phi) is 7.06. The predicted molar refractivity (Wildman–Crippen MR) is 95.3 cm³/mol. The highest BCUT2D eigenvalue weighted by Crippen LogP contribution is 2.14. The summed E-state index contributed by atoms with van der Waals surface area (Å²) in [5.41, 5.74) is 1.17. The normalized spacial score (nSPS) is 18.2. The maximum absolute atomic E-state index is 12.3. The number of aryl methyl sites for hydroxylation is 1. The third-order valence-corrected chi connectivity index (χ3v) is 4.47. The largest absolute Gasteiger partial charge is 0.481 e. The summed E-state index contributed by atoms with van der Waals surface area (Å²) in [4.78, 5) is 14.7. The molecule has 2 unspecified atom stereocenters. The van der Waals surface area contributed by atoms with Crippen LogP contribution in [0.25, 0.3) is 0 Å². The van der Waals surface area contributed by atoms with E-state index in [-0.39, 0.29) is 5.91 Å². The van der Waals surface area contributed by atoms with Gasteiger partial charge in [0.05, 0.1) is 13.2 Å². The van der Waals surface area contributed by atoms with Crippen molar-refractivity contribution in [3.05, 3.63) is 29.8 Å². The molecule has 0 saturated carbocycles. The molecule has 2 rings (SSSR count). The van der Waals surface area contributed by atoms with Gasteiger partial charge in [0.15, 0.2) is 6.10 Å². The minimum atomic E-state index is -0.509. The maximum atomic E-state index is 12.3. The van der Waals surface area contributed by atoms with Gasteiger partial charge < -0.3 is 14.8 Å². The molecule has 134 valence electrons. The summed E-state index contributed by atoms with van der Waals surface area (Å²) in [6.45, 7) is 12.2. The quantitative estimate of drug-likeness (QED) is 0.831. The SMILES string of the molecule is Cc1ccc(OC(C)C(=O)NCC(C(C)C)N2CCOCC2)cc1. The van der Waals surface area contributed by atoms with Gasteiger partial charge in [0.2, 0.25) is 0 Å². The second-order valence-electron chi connectivity index (χ2n) is 6.78. The third kappa shape index (κ3) is 5.49. The molecule has 1 aromatic carbocycles. The summed E-state index contributed by atoms with van der Waals surface area (Å²) in [7, 11) is 0. The van der Waals surface area contributed by atoms with Crippen LogP contribution in [0.15, 0.2) is 24.3 Å². The molecule has 1 N–H and O–H groups in total. The van der Waals surface area contributed by atoms with Crippen molar-refractivity contribution in [2.24, 2.45) is 5.92 Å². The van der Waals surface area contributed by atoms with Crippen molar-refractivity contribution < 1.29 is 14.3 Å². The van der Waals surface area contributed by atoms with Crippen LogP contribution in [0.4, 0.5) is 0 Å². The van der Waals surface area contributed by atoms with Gasteiger partial charge in [-0.2, -0.15) is 0 Å². The molecule has 0 radical (unpaired) electrons. The summed E-state index contributed by atoms with van der Waals surface area (Å²) in [5, 5.41) is 3.05. The first kappa shape index (κ1) is 18.7. The zero-order chi connectivity index (χ0) is 17.5. The molecule has 5 nitrogen and oxygen atoms in total. The van der Waals surface area contributed by atoms with Crippen LogP contribution in [0.3, 0.4) is 0 Å². The van der Waals surface area contributed by atoms with Crippen LogP contribution in [0.5, 0.6) is 5.75 Å². The molecule has 24 heavy (non-hydrogen) atoms. The Balaban J connectivity index is 1.84. The first-order valence-corrected chi connectivity index (χ1v) is 8.80. The lowest BCUT2D eigenvalue weighted by Gasteiger charge is -2.37. The number of carbonyl (C=O) groups is 1. The Hall–Kier alpha value is -1.59. The second-order valence-corrected chi connectivity index (χ2v) is 6.78. The number of rotatable bonds is 7. The highest BCUT2D eigenvalue weighted by atomic mass is 16.5. The molecule has 1 aromatic rings. The van der Waals surface area contributed by atoms with Crippen molar-refractivity contribution in [1.29, 1.82) is 0 Å². The summed E-state index contributed by atoms with van der Waals surface area (Å²) in [6, 6.07) is 8.07. The fraction of sp³-hybridized carbons (Fsp3) is 0.632. The lowest BCUT2D eigenvalue weighted by Crippen LogP contribution is -2.52. The van der Waals surface area contributed by atoms with E-state index in [1.807, 2.05) is 31.2 Å². The molecule has 1 amide bonds. The molecule has 1 aliphatic rings. The van der Waals surface area contributed by atoms with Crippen LogP contribution < -0.4 is 10.1 Å². The second kappa shape index (κ2) is 9.04. The molecule has 0 aliphatic carbocycles. The van der Waals surface area contributed by atoms with Gasteiger partial charge >= 0.3 is 0 Å². The lowest BCUT2D eigenvalue weighted by molar-refractivity contribution is -0.127. The van der Waals surface area contributed by atoms with E-state index in [9.17, 15) is 4.79 Å². The molecule has 0 aromatic heterocycles. The summed E-state index contributed by atoms with van der Waals surface area (Å²) in [6.07, 6.45) is -0.509. The molecule has 2 atom stereocenters. The number of benzene rings is 1. The Bertz CT molecular complexity index is 510. The van der Waals surface area contributed by atoms with Crippen molar-refractivity contribution in [3.8, 4) is 5.75 Å². The molecule has 1 saturated heterocycles. The first-order valence-electron chi connectivity index (χ1n) is 8.80. The van der Waals surface area contributed by atoms with E-state index >= 15 is 0 Å². The molecule has 5 heteroatoms. The first-order chi connectivity index (χ1) is 11.5. The lowest BCUT2D eigenvalue weighted by atomic mass is 10.0. The molecular formula is C19H30N2O3. The van der Waals surface area contributed by atoms with Crippen LogP contribution in [0, 0.1) is 12.8 Å². The number of carbonyl (C=O) groups excluding carboxylic acids is 1. The van der Waals surface area contributed by atoms with E-state index in [1.165, 1.54) is 5.56 Å². The number of hydrogen-bond donors (Lipinski definition) is 1. The Morgan fingerprint density at radius 3 is 2.42 bits per heavy atom. The van der Waals surface area contributed by atoms with Gasteiger partial charge in [-0.05, 0) is 31.9 Å². The Morgan fingerprint density at radius 2 is 1.83 bits per heavy atom. The average Bonchev–Trinajstić information content (AvgIpc) is 2.57. The molecule has 1 fully saturated rings. The molecule has 0 spiro atoms. The van der Waals surface area contributed by atoms with Crippen molar-refractivity contribution >= 4 is 5.91 Å². The van der Waals surface area contributed by atoms with Crippen molar-refractivity contribution in [2.45, 2.75) is 39.8 Å². The molecule has 0 bridgehead atoms. The van der Waals surface area contributed by atoms with Gasteiger partial charge in [-0.1, -0.05) is 31.5 Å². The van der Waals surface area contributed by atoms with E-state index in [4.69, 9.17) is 9.47 Å². The van der Waals surface area contributed by atoms with Crippen molar-refractivity contribution in [2.75, 3.05) is 32.8 Å². The van der Waals surface area contributed by atoms with E-state index in [1.54, 1.807) is 6.92 Å². The van der Waals surface area contributed by atoms with Crippen molar-refractivity contribution in [1.82, 2.24) is 10.2 Å². The highest BCUT2D eigenvalue weighted by Gasteiger charge is 2.25. The minimum absolute atomic E-state index is 0.0746. The minimum Gasteiger partial charge on any atom is -0.481 e. The summed E-state index contributed by atoms with van der Waals surface area (Å²) >= 11 is 0.